The number of amides is 1. The molecule has 1 N–H and O–H groups in total. The molecule has 1 aliphatic rings. The zero-order valence-electron chi connectivity index (χ0n) is 13.5. The molecule has 1 aliphatic heterocycles. The van der Waals surface area contributed by atoms with Gasteiger partial charge in [-0.25, -0.2) is 9.97 Å². The topological polar surface area (TPSA) is 71.0 Å². The van der Waals surface area contributed by atoms with Gasteiger partial charge in [0.25, 0.3) is 0 Å². The molecule has 1 atom stereocenters. The first-order valence-electron chi connectivity index (χ1n) is 7.90. The van der Waals surface area contributed by atoms with Gasteiger partial charge in [-0.15, -0.1) is 0 Å². The lowest BCUT2D eigenvalue weighted by molar-refractivity contribution is -0.124. The van der Waals surface area contributed by atoms with Crippen molar-refractivity contribution in [2.75, 3.05) is 25.0 Å². The average molecular weight is 311 g/mol. The van der Waals surface area contributed by atoms with Crippen molar-refractivity contribution < 1.29 is 4.79 Å². The molecule has 1 fully saturated rings. The van der Waals surface area contributed by atoms with E-state index in [1.807, 2.05) is 25.1 Å². The minimum Gasteiger partial charge on any atom is -0.359 e. The number of hydrogen-bond donors (Lipinski definition) is 1. The number of carbonyl (C=O) groups excluding carboxylic acids is 1. The first-order chi connectivity index (χ1) is 11.2. The van der Waals surface area contributed by atoms with E-state index in [0.717, 1.165) is 36.5 Å². The maximum Gasteiger partial charge on any atom is 0.224 e. The molecule has 1 unspecified atom stereocenters. The Balaban J connectivity index is 1.88. The molecule has 3 rings (SSSR count). The Morgan fingerprint density at radius 2 is 2.09 bits per heavy atom. The van der Waals surface area contributed by atoms with E-state index in [9.17, 15) is 4.79 Å². The summed E-state index contributed by atoms with van der Waals surface area (Å²) in [5.41, 5.74) is 1.87. The number of rotatable bonds is 3. The van der Waals surface area contributed by atoms with Crippen LogP contribution in [0.4, 0.5) is 5.82 Å². The molecular weight excluding hydrogens is 290 g/mol. The van der Waals surface area contributed by atoms with E-state index >= 15 is 0 Å². The van der Waals surface area contributed by atoms with Crippen molar-refractivity contribution in [3.05, 3.63) is 36.3 Å². The second-order valence-electron chi connectivity index (χ2n) is 5.83. The highest BCUT2D eigenvalue weighted by Crippen LogP contribution is 2.24. The molecule has 3 heterocycles. The van der Waals surface area contributed by atoms with Crippen molar-refractivity contribution in [1.29, 1.82) is 0 Å². The van der Waals surface area contributed by atoms with Gasteiger partial charge in [-0.05, 0) is 31.9 Å². The summed E-state index contributed by atoms with van der Waals surface area (Å²) in [5.74, 6) is 1.71. The molecule has 0 saturated carbocycles. The van der Waals surface area contributed by atoms with Crippen molar-refractivity contribution in [2.24, 2.45) is 5.92 Å². The fourth-order valence-electron chi connectivity index (χ4n) is 2.95. The SMILES string of the molecule is CNC(=O)C1CCCN(c2cc(C)nc(-c3ccncc3)n2)C1. The van der Waals surface area contributed by atoms with E-state index in [1.54, 1.807) is 19.4 Å². The molecule has 1 saturated heterocycles. The molecule has 6 nitrogen and oxygen atoms in total. The molecule has 2 aromatic rings. The van der Waals surface area contributed by atoms with Gasteiger partial charge < -0.3 is 10.2 Å². The minimum absolute atomic E-state index is 0.0217. The molecule has 0 radical (unpaired) electrons. The van der Waals surface area contributed by atoms with Crippen molar-refractivity contribution >= 4 is 11.7 Å². The molecule has 0 spiro atoms. The summed E-state index contributed by atoms with van der Waals surface area (Å²) in [4.78, 5) is 27.4. The lowest BCUT2D eigenvalue weighted by atomic mass is 9.97. The van der Waals surface area contributed by atoms with Crippen LogP contribution < -0.4 is 10.2 Å². The third-order valence-electron chi connectivity index (χ3n) is 4.14. The van der Waals surface area contributed by atoms with Gasteiger partial charge in [0.05, 0.1) is 5.92 Å². The van der Waals surface area contributed by atoms with E-state index in [-0.39, 0.29) is 11.8 Å². The number of anilines is 1. The highest BCUT2D eigenvalue weighted by Gasteiger charge is 2.26. The summed E-state index contributed by atoms with van der Waals surface area (Å²) < 4.78 is 0. The molecule has 6 heteroatoms. The van der Waals surface area contributed by atoms with Gasteiger partial charge in [0.1, 0.15) is 5.82 Å². The number of aryl methyl sites for hydroxylation is 1. The minimum atomic E-state index is 0.0217. The number of nitrogens with zero attached hydrogens (tertiary/aromatic N) is 4. The van der Waals surface area contributed by atoms with Crippen LogP contribution in [0.2, 0.25) is 0 Å². The molecule has 2 aromatic heterocycles. The third-order valence-corrected chi connectivity index (χ3v) is 4.14. The van der Waals surface area contributed by atoms with E-state index in [0.29, 0.717) is 12.4 Å². The fraction of sp³-hybridized carbons (Fsp3) is 0.412. The number of hydrogen-bond acceptors (Lipinski definition) is 5. The Kier molecular flexibility index (Phi) is 4.50. The molecular formula is C17H21N5O. The van der Waals surface area contributed by atoms with Crippen molar-refractivity contribution in [3.8, 4) is 11.4 Å². The quantitative estimate of drug-likeness (QED) is 0.936. The Bertz CT molecular complexity index is 689. The maximum atomic E-state index is 11.9. The number of piperidine rings is 1. The standard InChI is InChI=1S/C17H21N5O/c1-12-10-15(21-16(20-12)13-5-7-19-8-6-13)22-9-3-4-14(11-22)17(23)18-2/h5-8,10,14H,3-4,9,11H2,1-2H3,(H,18,23). The monoisotopic (exact) mass is 311 g/mol. The zero-order valence-corrected chi connectivity index (χ0v) is 13.5. The molecule has 0 aromatic carbocycles. The summed E-state index contributed by atoms with van der Waals surface area (Å²) in [7, 11) is 1.69. The van der Waals surface area contributed by atoms with Gasteiger partial charge in [0.2, 0.25) is 5.91 Å². The van der Waals surface area contributed by atoms with Crippen LogP contribution >= 0.6 is 0 Å². The smallest absolute Gasteiger partial charge is 0.224 e. The number of nitrogens with one attached hydrogen (secondary N) is 1. The van der Waals surface area contributed by atoms with Gasteiger partial charge in [-0.2, -0.15) is 0 Å². The normalized spacial score (nSPS) is 17.8. The lowest BCUT2D eigenvalue weighted by Gasteiger charge is -2.32. The summed E-state index contributed by atoms with van der Waals surface area (Å²) >= 11 is 0. The van der Waals surface area contributed by atoms with Crippen LogP contribution in [0.15, 0.2) is 30.6 Å². The third kappa shape index (κ3) is 3.47. The largest absolute Gasteiger partial charge is 0.359 e. The zero-order chi connectivity index (χ0) is 16.2. The van der Waals surface area contributed by atoms with Crippen LogP contribution in [0.1, 0.15) is 18.5 Å². The van der Waals surface area contributed by atoms with Crippen LogP contribution in [0.5, 0.6) is 0 Å². The molecule has 23 heavy (non-hydrogen) atoms. The van der Waals surface area contributed by atoms with Crippen LogP contribution in [0.25, 0.3) is 11.4 Å². The number of carbonyl (C=O) groups is 1. The Labute approximate surface area is 136 Å². The second-order valence-corrected chi connectivity index (χ2v) is 5.83. The summed E-state index contributed by atoms with van der Waals surface area (Å²) in [5, 5.41) is 2.75. The van der Waals surface area contributed by atoms with Crippen molar-refractivity contribution in [2.45, 2.75) is 19.8 Å². The Morgan fingerprint density at radius 1 is 1.30 bits per heavy atom. The Morgan fingerprint density at radius 3 is 2.83 bits per heavy atom. The Hall–Kier alpha value is -2.50. The van der Waals surface area contributed by atoms with Gasteiger partial charge >= 0.3 is 0 Å². The van der Waals surface area contributed by atoms with Gasteiger partial charge in [0.15, 0.2) is 5.82 Å². The van der Waals surface area contributed by atoms with E-state index < -0.39 is 0 Å². The average Bonchev–Trinajstić information content (AvgIpc) is 2.61. The first-order valence-corrected chi connectivity index (χ1v) is 7.90. The second kappa shape index (κ2) is 6.73. The van der Waals surface area contributed by atoms with Crippen LogP contribution in [0.3, 0.4) is 0 Å². The highest BCUT2D eigenvalue weighted by atomic mass is 16.1. The van der Waals surface area contributed by atoms with Crippen LogP contribution in [0, 0.1) is 12.8 Å². The summed E-state index contributed by atoms with van der Waals surface area (Å²) in [6.07, 6.45) is 5.40. The van der Waals surface area contributed by atoms with E-state index in [2.05, 4.69) is 20.2 Å². The predicted molar refractivity (Wildman–Crippen MR) is 89.0 cm³/mol. The summed E-state index contributed by atoms with van der Waals surface area (Å²) in [6.45, 7) is 3.59. The first kappa shape index (κ1) is 15.4. The fourth-order valence-corrected chi connectivity index (χ4v) is 2.95. The number of aromatic nitrogens is 3. The highest BCUT2D eigenvalue weighted by molar-refractivity contribution is 5.79. The number of pyridine rings is 1. The maximum absolute atomic E-state index is 11.9. The van der Waals surface area contributed by atoms with Gasteiger partial charge in [0, 0.05) is 49.9 Å². The van der Waals surface area contributed by atoms with Crippen LogP contribution in [-0.2, 0) is 4.79 Å². The lowest BCUT2D eigenvalue weighted by Crippen LogP contribution is -2.42. The van der Waals surface area contributed by atoms with E-state index in [4.69, 9.17) is 4.98 Å². The molecule has 0 aliphatic carbocycles. The molecule has 1 amide bonds. The van der Waals surface area contributed by atoms with Gasteiger partial charge in [-0.1, -0.05) is 0 Å². The predicted octanol–water partition coefficient (Wildman–Crippen LogP) is 1.81. The van der Waals surface area contributed by atoms with Gasteiger partial charge in [-0.3, -0.25) is 9.78 Å². The summed E-state index contributed by atoms with van der Waals surface area (Å²) in [6, 6.07) is 5.79. The van der Waals surface area contributed by atoms with E-state index in [1.165, 1.54) is 0 Å². The molecule has 120 valence electrons. The van der Waals surface area contributed by atoms with Crippen LogP contribution in [-0.4, -0.2) is 41.0 Å². The van der Waals surface area contributed by atoms with Crippen molar-refractivity contribution in [3.63, 3.8) is 0 Å². The van der Waals surface area contributed by atoms with Crippen molar-refractivity contribution in [1.82, 2.24) is 20.3 Å². The molecule has 0 bridgehead atoms.